The van der Waals surface area contributed by atoms with Gasteiger partial charge in [0.25, 0.3) is 0 Å². The Labute approximate surface area is 121 Å². The third-order valence-corrected chi connectivity index (χ3v) is 3.55. The van der Waals surface area contributed by atoms with Gasteiger partial charge in [-0.1, -0.05) is 41.4 Å². The molecule has 0 spiro atoms. The fourth-order valence-corrected chi connectivity index (χ4v) is 2.42. The van der Waals surface area contributed by atoms with E-state index >= 15 is 0 Å². The molecule has 1 unspecified atom stereocenters. The van der Waals surface area contributed by atoms with Crippen molar-refractivity contribution in [3.63, 3.8) is 0 Å². The molecule has 1 aromatic heterocycles. The van der Waals surface area contributed by atoms with E-state index < -0.39 is 0 Å². The van der Waals surface area contributed by atoms with Crippen LogP contribution in [-0.4, -0.2) is 4.98 Å². The van der Waals surface area contributed by atoms with E-state index in [9.17, 15) is 0 Å². The van der Waals surface area contributed by atoms with Gasteiger partial charge in [0.1, 0.15) is 5.82 Å². The van der Waals surface area contributed by atoms with Crippen molar-refractivity contribution in [3.05, 3.63) is 57.2 Å². The third kappa shape index (κ3) is 3.24. The van der Waals surface area contributed by atoms with E-state index in [4.69, 9.17) is 11.6 Å². The average molecular weight is 326 g/mol. The molecule has 0 aliphatic rings. The van der Waals surface area contributed by atoms with E-state index in [0.717, 1.165) is 10.3 Å². The first-order valence-corrected chi connectivity index (χ1v) is 6.87. The van der Waals surface area contributed by atoms with E-state index in [0.29, 0.717) is 5.02 Å². The van der Waals surface area contributed by atoms with Gasteiger partial charge in [0, 0.05) is 12.2 Å². The lowest BCUT2D eigenvalue weighted by atomic mass is 10.1. The Morgan fingerprint density at radius 1 is 1.28 bits per heavy atom. The Hall–Kier alpha value is -1.06. The van der Waals surface area contributed by atoms with E-state index in [1.54, 1.807) is 6.20 Å². The molecule has 0 amide bonds. The van der Waals surface area contributed by atoms with Gasteiger partial charge in [-0.15, -0.1) is 0 Å². The highest BCUT2D eigenvalue weighted by atomic mass is 79.9. The van der Waals surface area contributed by atoms with Gasteiger partial charge in [0.15, 0.2) is 0 Å². The number of aryl methyl sites for hydroxylation is 1. The zero-order chi connectivity index (χ0) is 13.1. The molecule has 2 nitrogen and oxygen atoms in total. The van der Waals surface area contributed by atoms with Crippen molar-refractivity contribution in [2.24, 2.45) is 0 Å². The summed E-state index contributed by atoms with van der Waals surface area (Å²) >= 11 is 9.32. The molecule has 4 heteroatoms. The second-order valence-corrected chi connectivity index (χ2v) is 5.55. The maximum atomic E-state index is 5.87. The highest BCUT2D eigenvalue weighted by molar-refractivity contribution is 9.10. The summed E-state index contributed by atoms with van der Waals surface area (Å²) < 4.78 is 0.869. The molecule has 94 valence electrons. The molecule has 18 heavy (non-hydrogen) atoms. The van der Waals surface area contributed by atoms with E-state index in [1.165, 1.54) is 11.1 Å². The van der Waals surface area contributed by atoms with E-state index in [1.807, 2.05) is 6.07 Å². The van der Waals surface area contributed by atoms with Crippen LogP contribution in [0, 0.1) is 6.92 Å². The number of anilines is 1. The van der Waals surface area contributed by atoms with Crippen LogP contribution in [-0.2, 0) is 0 Å². The fourth-order valence-electron chi connectivity index (χ4n) is 1.66. The van der Waals surface area contributed by atoms with Gasteiger partial charge >= 0.3 is 0 Å². The second kappa shape index (κ2) is 5.72. The molecule has 0 fully saturated rings. The molecular formula is C14H14BrClN2. The SMILES string of the molecule is Cc1ccc(C(C)Nc2ncc(Cl)cc2Br)cc1. The van der Waals surface area contributed by atoms with Crippen molar-refractivity contribution in [1.82, 2.24) is 4.98 Å². The van der Waals surface area contributed by atoms with Crippen LogP contribution < -0.4 is 5.32 Å². The molecule has 1 heterocycles. The van der Waals surface area contributed by atoms with Gasteiger partial charge in [0.05, 0.1) is 9.50 Å². The highest BCUT2D eigenvalue weighted by Gasteiger charge is 2.08. The molecule has 0 bridgehead atoms. The summed E-state index contributed by atoms with van der Waals surface area (Å²) in [7, 11) is 0. The lowest BCUT2D eigenvalue weighted by Gasteiger charge is -2.16. The lowest BCUT2D eigenvalue weighted by molar-refractivity contribution is 0.872. The second-order valence-electron chi connectivity index (χ2n) is 4.26. The van der Waals surface area contributed by atoms with Crippen LogP contribution in [0.2, 0.25) is 5.02 Å². The molecule has 0 radical (unpaired) electrons. The molecule has 0 aliphatic carbocycles. The monoisotopic (exact) mass is 324 g/mol. The Balaban J connectivity index is 2.15. The van der Waals surface area contributed by atoms with Crippen molar-refractivity contribution in [1.29, 1.82) is 0 Å². The van der Waals surface area contributed by atoms with Gasteiger partial charge in [-0.25, -0.2) is 4.98 Å². The first-order chi connectivity index (χ1) is 8.56. The highest BCUT2D eigenvalue weighted by Crippen LogP contribution is 2.26. The molecule has 0 saturated heterocycles. The molecule has 2 rings (SSSR count). The molecular weight excluding hydrogens is 312 g/mol. The Bertz CT molecular complexity index is 540. The molecule has 1 N–H and O–H groups in total. The van der Waals surface area contributed by atoms with Gasteiger partial charge in [-0.2, -0.15) is 0 Å². The number of hydrogen-bond donors (Lipinski definition) is 1. The number of pyridine rings is 1. The zero-order valence-corrected chi connectivity index (χ0v) is 12.6. The van der Waals surface area contributed by atoms with Crippen LogP contribution in [0.1, 0.15) is 24.1 Å². The van der Waals surface area contributed by atoms with Crippen molar-refractivity contribution in [3.8, 4) is 0 Å². The lowest BCUT2D eigenvalue weighted by Crippen LogP contribution is -2.08. The minimum absolute atomic E-state index is 0.190. The first-order valence-electron chi connectivity index (χ1n) is 5.70. The fraction of sp³-hybridized carbons (Fsp3) is 0.214. The van der Waals surface area contributed by atoms with Gasteiger partial charge < -0.3 is 5.32 Å². The van der Waals surface area contributed by atoms with Crippen molar-refractivity contribution in [2.75, 3.05) is 5.32 Å². The predicted octanol–water partition coefficient (Wildman–Crippen LogP) is 4.98. The van der Waals surface area contributed by atoms with Crippen LogP contribution in [0.4, 0.5) is 5.82 Å². The molecule has 1 atom stereocenters. The summed E-state index contributed by atoms with van der Waals surface area (Å²) in [4.78, 5) is 4.27. The Kier molecular flexibility index (Phi) is 4.25. The summed E-state index contributed by atoms with van der Waals surface area (Å²) in [6, 6.07) is 10.5. The minimum Gasteiger partial charge on any atom is -0.363 e. The quantitative estimate of drug-likeness (QED) is 0.861. The number of halogens is 2. The average Bonchev–Trinajstić information content (AvgIpc) is 2.33. The third-order valence-electron chi connectivity index (χ3n) is 2.74. The van der Waals surface area contributed by atoms with Crippen molar-refractivity contribution < 1.29 is 0 Å². The number of nitrogens with zero attached hydrogens (tertiary/aromatic N) is 1. The van der Waals surface area contributed by atoms with Crippen LogP contribution in [0.15, 0.2) is 41.0 Å². The van der Waals surface area contributed by atoms with Crippen LogP contribution in [0.3, 0.4) is 0 Å². The standard InChI is InChI=1S/C14H14BrClN2/c1-9-3-5-11(6-4-9)10(2)18-14-13(15)7-12(16)8-17-14/h3-8,10H,1-2H3,(H,17,18). The summed E-state index contributed by atoms with van der Waals surface area (Å²) in [6.07, 6.45) is 1.64. The molecule has 0 aliphatic heterocycles. The largest absolute Gasteiger partial charge is 0.363 e. The maximum Gasteiger partial charge on any atom is 0.140 e. The van der Waals surface area contributed by atoms with Crippen molar-refractivity contribution >= 4 is 33.3 Å². The maximum absolute atomic E-state index is 5.87. The summed E-state index contributed by atoms with van der Waals surface area (Å²) in [5, 5.41) is 3.98. The summed E-state index contributed by atoms with van der Waals surface area (Å²) in [5.74, 6) is 0.799. The number of hydrogen-bond acceptors (Lipinski definition) is 2. The Morgan fingerprint density at radius 3 is 2.56 bits per heavy atom. The minimum atomic E-state index is 0.190. The number of aromatic nitrogens is 1. The smallest absolute Gasteiger partial charge is 0.140 e. The predicted molar refractivity (Wildman–Crippen MR) is 80.2 cm³/mol. The van der Waals surface area contributed by atoms with E-state index in [2.05, 4.69) is 64.3 Å². The van der Waals surface area contributed by atoms with Crippen LogP contribution in [0.5, 0.6) is 0 Å². The summed E-state index contributed by atoms with van der Waals surface area (Å²) in [6.45, 7) is 4.19. The number of benzene rings is 1. The van der Waals surface area contributed by atoms with Gasteiger partial charge in [-0.05, 0) is 41.4 Å². The van der Waals surface area contributed by atoms with Gasteiger partial charge in [0.2, 0.25) is 0 Å². The first kappa shape index (κ1) is 13.4. The Morgan fingerprint density at radius 2 is 1.94 bits per heavy atom. The topological polar surface area (TPSA) is 24.9 Å². The van der Waals surface area contributed by atoms with Crippen LogP contribution in [0.25, 0.3) is 0 Å². The van der Waals surface area contributed by atoms with Gasteiger partial charge in [-0.3, -0.25) is 0 Å². The normalized spacial score (nSPS) is 12.2. The van der Waals surface area contributed by atoms with E-state index in [-0.39, 0.29) is 6.04 Å². The number of rotatable bonds is 3. The van der Waals surface area contributed by atoms with Crippen LogP contribution >= 0.6 is 27.5 Å². The molecule has 0 saturated carbocycles. The molecule has 1 aromatic carbocycles. The zero-order valence-electron chi connectivity index (χ0n) is 10.2. The van der Waals surface area contributed by atoms with Crippen molar-refractivity contribution in [2.45, 2.75) is 19.9 Å². The molecule has 2 aromatic rings. The summed E-state index contributed by atoms with van der Waals surface area (Å²) in [5.41, 5.74) is 2.49. The number of nitrogens with one attached hydrogen (secondary N) is 1.